The van der Waals surface area contributed by atoms with Crippen molar-refractivity contribution in [2.24, 2.45) is 0 Å². The molecule has 0 spiro atoms. The van der Waals surface area contributed by atoms with Gasteiger partial charge >= 0.3 is 6.03 Å². The van der Waals surface area contributed by atoms with Crippen LogP contribution in [0.4, 0.5) is 10.5 Å². The molecule has 5 heteroatoms. The number of halogens is 1. The number of rotatable bonds is 1. The summed E-state index contributed by atoms with van der Waals surface area (Å²) in [5.41, 5.74) is 0.766. The van der Waals surface area contributed by atoms with Crippen LogP contribution in [0.15, 0.2) is 22.9 Å². The fraction of sp³-hybridized carbons (Fsp3) is 0.400. The molecule has 1 fully saturated rings. The Kier molecular flexibility index (Phi) is 3.20. The van der Waals surface area contributed by atoms with Gasteiger partial charge in [-0.1, -0.05) is 0 Å². The maximum Gasteiger partial charge on any atom is 0.321 e. The van der Waals surface area contributed by atoms with Crippen molar-refractivity contribution in [2.75, 3.05) is 18.4 Å². The van der Waals surface area contributed by atoms with Crippen molar-refractivity contribution in [3.63, 3.8) is 0 Å². The van der Waals surface area contributed by atoms with Crippen LogP contribution in [0.25, 0.3) is 0 Å². The number of hydrogen-bond donors (Lipinski definition) is 1. The minimum atomic E-state index is -0.0283. The molecule has 0 atom stereocenters. The highest BCUT2D eigenvalue weighted by Crippen LogP contribution is 2.20. The summed E-state index contributed by atoms with van der Waals surface area (Å²) in [5.74, 6) is 0. The van der Waals surface area contributed by atoms with Crippen LogP contribution >= 0.6 is 15.9 Å². The lowest BCUT2D eigenvalue weighted by Gasteiger charge is -2.16. The number of hydrogen-bond acceptors (Lipinski definition) is 2. The number of amides is 2. The zero-order valence-electron chi connectivity index (χ0n) is 8.24. The van der Waals surface area contributed by atoms with E-state index >= 15 is 0 Å². The maximum atomic E-state index is 11.7. The molecule has 15 heavy (non-hydrogen) atoms. The number of nitrogens with zero attached hydrogens (tertiary/aromatic N) is 2. The Morgan fingerprint density at radius 2 is 2.20 bits per heavy atom. The molecule has 1 aliphatic heterocycles. The monoisotopic (exact) mass is 269 g/mol. The van der Waals surface area contributed by atoms with Crippen LogP contribution in [0.2, 0.25) is 0 Å². The first-order valence-corrected chi connectivity index (χ1v) is 5.72. The summed E-state index contributed by atoms with van der Waals surface area (Å²) in [6, 6.07) is 1.75. The fourth-order valence-electron chi connectivity index (χ4n) is 1.59. The molecule has 1 aliphatic rings. The van der Waals surface area contributed by atoms with Gasteiger partial charge in [-0.15, -0.1) is 0 Å². The van der Waals surface area contributed by atoms with E-state index in [0.717, 1.165) is 36.1 Å². The Bertz CT molecular complexity index is 363. The number of aromatic nitrogens is 1. The number of carbonyl (C=O) groups excluding carboxylic acids is 1. The van der Waals surface area contributed by atoms with E-state index in [-0.39, 0.29) is 6.03 Å². The Morgan fingerprint density at radius 1 is 1.47 bits per heavy atom. The summed E-state index contributed by atoms with van der Waals surface area (Å²) in [6.45, 7) is 1.71. The van der Waals surface area contributed by atoms with Gasteiger partial charge in [0.05, 0.1) is 10.2 Å². The zero-order chi connectivity index (χ0) is 10.7. The highest BCUT2D eigenvalue weighted by Gasteiger charge is 2.18. The summed E-state index contributed by atoms with van der Waals surface area (Å²) in [6.07, 6.45) is 5.53. The lowest BCUT2D eigenvalue weighted by atomic mass is 10.4. The second kappa shape index (κ2) is 4.61. The van der Waals surface area contributed by atoms with Crippen molar-refractivity contribution >= 4 is 27.6 Å². The molecule has 0 aliphatic carbocycles. The number of pyridine rings is 1. The summed E-state index contributed by atoms with van der Waals surface area (Å²) in [7, 11) is 0. The highest BCUT2D eigenvalue weighted by molar-refractivity contribution is 9.10. The molecule has 0 bridgehead atoms. The van der Waals surface area contributed by atoms with Gasteiger partial charge < -0.3 is 10.2 Å². The van der Waals surface area contributed by atoms with E-state index in [9.17, 15) is 4.79 Å². The van der Waals surface area contributed by atoms with Crippen molar-refractivity contribution in [3.8, 4) is 0 Å². The van der Waals surface area contributed by atoms with Crippen LogP contribution in [0.3, 0.4) is 0 Å². The topological polar surface area (TPSA) is 45.2 Å². The van der Waals surface area contributed by atoms with Crippen molar-refractivity contribution in [3.05, 3.63) is 22.9 Å². The van der Waals surface area contributed by atoms with Gasteiger partial charge in [-0.3, -0.25) is 4.98 Å². The Morgan fingerprint density at radius 3 is 2.87 bits per heavy atom. The van der Waals surface area contributed by atoms with E-state index < -0.39 is 0 Å². The summed E-state index contributed by atoms with van der Waals surface area (Å²) < 4.78 is 0.803. The number of anilines is 1. The van der Waals surface area contributed by atoms with E-state index in [2.05, 4.69) is 26.2 Å². The number of likely N-dealkylation sites (tertiary alicyclic amines) is 1. The molecule has 1 N–H and O–H groups in total. The molecule has 2 rings (SSSR count). The van der Waals surface area contributed by atoms with E-state index in [1.54, 1.807) is 18.5 Å². The third kappa shape index (κ3) is 2.47. The van der Waals surface area contributed by atoms with Crippen molar-refractivity contribution in [1.82, 2.24) is 9.88 Å². The van der Waals surface area contributed by atoms with Gasteiger partial charge in [0, 0.05) is 25.5 Å². The first-order chi connectivity index (χ1) is 7.27. The zero-order valence-corrected chi connectivity index (χ0v) is 9.83. The molecule has 0 saturated carbocycles. The first-order valence-electron chi connectivity index (χ1n) is 4.93. The summed E-state index contributed by atoms with van der Waals surface area (Å²) in [4.78, 5) is 17.5. The van der Waals surface area contributed by atoms with E-state index in [4.69, 9.17) is 0 Å². The largest absolute Gasteiger partial charge is 0.325 e. The SMILES string of the molecule is O=C(Nc1ccncc1Br)N1CCCC1. The van der Waals surface area contributed by atoms with Gasteiger partial charge in [0.15, 0.2) is 0 Å². The smallest absolute Gasteiger partial charge is 0.321 e. The summed E-state index contributed by atoms with van der Waals surface area (Å²) >= 11 is 3.34. The second-order valence-corrected chi connectivity index (χ2v) is 4.33. The molecule has 0 radical (unpaired) electrons. The molecule has 1 aromatic heterocycles. The van der Waals surface area contributed by atoms with Gasteiger partial charge in [0.1, 0.15) is 0 Å². The van der Waals surface area contributed by atoms with Crippen LogP contribution in [0.5, 0.6) is 0 Å². The molecular formula is C10H12BrN3O. The van der Waals surface area contributed by atoms with E-state index in [0.29, 0.717) is 0 Å². The Hall–Kier alpha value is -1.10. The van der Waals surface area contributed by atoms with Gasteiger partial charge in [0.25, 0.3) is 0 Å². The molecule has 80 valence electrons. The average molecular weight is 270 g/mol. The lowest BCUT2D eigenvalue weighted by Crippen LogP contribution is -2.32. The van der Waals surface area contributed by atoms with Gasteiger partial charge in [-0.2, -0.15) is 0 Å². The van der Waals surface area contributed by atoms with Crippen LogP contribution in [0.1, 0.15) is 12.8 Å². The predicted molar refractivity (Wildman–Crippen MR) is 61.8 cm³/mol. The predicted octanol–water partition coefficient (Wildman–Crippen LogP) is 2.47. The molecule has 1 aromatic rings. The molecule has 2 amide bonds. The van der Waals surface area contributed by atoms with Crippen molar-refractivity contribution in [2.45, 2.75) is 12.8 Å². The highest BCUT2D eigenvalue weighted by atomic mass is 79.9. The fourth-order valence-corrected chi connectivity index (χ4v) is 1.94. The van der Waals surface area contributed by atoms with Crippen molar-refractivity contribution < 1.29 is 4.79 Å². The lowest BCUT2D eigenvalue weighted by molar-refractivity contribution is 0.222. The standard InChI is InChI=1S/C10H12BrN3O/c11-8-7-12-4-3-9(8)13-10(15)14-5-1-2-6-14/h3-4,7H,1-2,5-6H2,(H,12,13,15). The van der Waals surface area contributed by atoms with E-state index in [1.165, 1.54) is 0 Å². The molecule has 4 nitrogen and oxygen atoms in total. The number of nitrogens with one attached hydrogen (secondary N) is 1. The Balaban J connectivity index is 2.02. The van der Waals surface area contributed by atoms with Gasteiger partial charge in [0.2, 0.25) is 0 Å². The van der Waals surface area contributed by atoms with Crippen LogP contribution in [-0.4, -0.2) is 29.0 Å². The molecule has 2 heterocycles. The van der Waals surface area contributed by atoms with E-state index in [1.807, 2.05) is 4.90 Å². The summed E-state index contributed by atoms with van der Waals surface area (Å²) in [5, 5.41) is 2.85. The third-order valence-electron chi connectivity index (χ3n) is 2.41. The normalized spacial score (nSPS) is 15.4. The number of carbonyl (C=O) groups is 1. The average Bonchev–Trinajstić information content (AvgIpc) is 2.74. The molecule has 0 aromatic carbocycles. The quantitative estimate of drug-likeness (QED) is 0.852. The third-order valence-corrected chi connectivity index (χ3v) is 3.04. The minimum absolute atomic E-state index is 0.0283. The Labute approximate surface area is 96.8 Å². The van der Waals surface area contributed by atoms with Crippen LogP contribution in [0, 0.1) is 0 Å². The van der Waals surface area contributed by atoms with Gasteiger partial charge in [-0.05, 0) is 34.8 Å². The van der Waals surface area contributed by atoms with Gasteiger partial charge in [-0.25, -0.2) is 4.79 Å². The molecule has 0 unspecified atom stereocenters. The first kappa shape index (κ1) is 10.4. The van der Waals surface area contributed by atoms with Crippen LogP contribution < -0.4 is 5.32 Å². The number of urea groups is 1. The molecular weight excluding hydrogens is 258 g/mol. The second-order valence-electron chi connectivity index (χ2n) is 3.48. The van der Waals surface area contributed by atoms with Crippen molar-refractivity contribution in [1.29, 1.82) is 0 Å². The molecule has 1 saturated heterocycles. The van der Waals surface area contributed by atoms with Crippen LogP contribution in [-0.2, 0) is 0 Å². The maximum absolute atomic E-state index is 11.7. The minimum Gasteiger partial charge on any atom is -0.325 e.